The molecule has 0 radical (unpaired) electrons. The first kappa shape index (κ1) is 14.7. The Labute approximate surface area is 130 Å². The Morgan fingerprint density at radius 2 is 2.14 bits per heavy atom. The van der Waals surface area contributed by atoms with Gasteiger partial charge in [-0.3, -0.25) is 4.79 Å². The number of carbonyl (C=O) groups is 1. The maximum atomic E-state index is 12.8. The second-order valence-electron chi connectivity index (χ2n) is 5.85. The second kappa shape index (κ2) is 5.88. The molecule has 0 aliphatic carbocycles. The van der Waals surface area contributed by atoms with E-state index in [1.807, 2.05) is 30.0 Å². The molecule has 1 amide bonds. The van der Waals surface area contributed by atoms with Gasteiger partial charge in [-0.2, -0.15) is 5.10 Å². The molecule has 1 fully saturated rings. The lowest BCUT2D eigenvalue weighted by atomic mass is 10.1. The lowest BCUT2D eigenvalue weighted by molar-refractivity contribution is 0.0533. The fraction of sp³-hybridized carbons (Fsp3) is 0.438. The molecule has 1 unspecified atom stereocenters. The zero-order chi connectivity index (χ0) is 15.7. The maximum absolute atomic E-state index is 12.8. The summed E-state index contributed by atoms with van der Waals surface area (Å²) >= 11 is 0. The molecule has 1 atom stereocenters. The van der Waals surface area contributed by atoms with Crippen LogP contribution in [0.4, 0.5) is 0 Å². The summed E-state index contributed by atoms with van der Waals surface area (Å²) in [4.78, 5) is 21.3. The van der Waals surface area contributed by atoms with Crippen LogP contribution in [0.1, 0.15) is 23.0 Å². The van der Waals surface area contributed by atoms with Crippen LogP contribution in [0.2, 0.25) is 0 Å². The molecule has 1 saturated heterocycles. The number of carbonyl (C=O) groups excluding carboxylic acids is 1. The average Bonchev–Trinajstić information content (AvgIpc) is 2.89. The molecule has 6 nitrogen and oxygen atoms in total. The van der Waals surface area contributed by atoms with Crippen molar-refractivity contribution in [3.05, 3.63) is 41.9 Å². The highest BCUT2D eigenvalue weighted by Gasteiger charge is 2.28. The van der Waals surface area contributed by atoms with Crippen molar-refractivity contribution in [1.29, 1.82) is 0 Å². The Balaban J connectivity index is 1.87. The molecule has 3 heterocycles. The molecule has 0 N–H and O–H groups in total. The van der Waals surface area contributed by atoms with E-state index in [0.717, 1.165) is 31.1 Å². The summed E-state index contributed by atoms with van der Waals surface area (Å²) in [5.74, 6) is 0.783. The van der Waals surface area contributed by atoms with Crippen LogP contribution in [0.15, 0.2) is 30.6 Å². The number of amides is 1. The van der Waals surface area contributed by atoms with Crippen LogP contribution < -0.4 is 0 Å². The lowest BCUT2D eigenvalue weighted by Gasteiger charge is -2.38. The number of rotatable bonds is 2. The normalized spacial score (nSPS) is 19.4. The Kier molecular flexibility index (Phi) is 3.94. The third-order valence-electron chi connectivity index (χ3n) is 4.20. The highest BCUT2D eigenvalue weighted by Crippen LogP contribution is 2.17. The molecule has 2 aromatic rings. The smallest absolute Gasteiger partial charge is 0.257 e. The molecule has 0 aromatic carbocycles. The predicted octanol–water partition coefficient (Wildman–Crippen LogP) is 1.35. The highest BCUT2D eigenvalue weighted by atomic mass is 16.2. The van der Waals surface area contributed by atoms with Gasteiger partial charge < -0.3 is 9.80 Å². The van der Waals surface area contributed by atoms with Crippen molar-refractivity contribution in [3.8, 4) is 5.82 Å². The van der Waals surface area contributed by atoms with Gasteiger partial charge in [-0.05, 0) is 33.0 Å². The van der Waals surface area contributed by atoms with Crippen LogP contribution >= 0.6 is 0 Å². The average molecular weight is 299 g/mol. The van der Waals surface area contributed by atoms with Crippen molar-refractivity contribution in [2.24, 2.45) is 0 Å². The van der Waals surface area contributed by atoms with E-state index in [-0.39, 0.29) is 11.9 Å². The van der Waals surface area contributed by atoms with E-state index in [0.29, 0.717) is 5.56 Å². The van der Waals surface area contributed by atoms with Gasteiger partial charge in [0.05, 0.1) is 17.5 Å². The van der Waals surface area contributed by atoms with Crippen molar-refractivity contribution in [1.82, 2.24) is 24.6 Å². The molecule has 116 valence electrons. The third kappa shape index (κ3) is 2.62. The zero-order valence-electron chi connectivity index (χ0n) is 13.2. The first-order valence-corrected chi connectivity index (χ1v) is 7.53. The highest BCUT2D eigenvalue weighted by molar-refractivity contribution is 5.95. The predicted molar refractivity (Wildman–Crippen MR) is 84.1 cm³/mol. The summed E-state index contributed by atoms with van der Waals surface area (Å²) in [6, 6.07) is 5.87. The van der Waals surface area contributed by atoms with E-state index in [4.69, 9.17) is 0 Å². The first-order chi connectivity index (χ1) is 10.6. The fourth-order valence-electron chi connectivity index (χ4n) is 2.93. The van der Waals surface area contributed by atoms with Gasteiger partial charge in [-0.1, -0.05) is 6.07 Å². The number of aromatic nitrogens is 3. The van der Waals surface area contributed by atoms with Gasteiger partial charge >= 0.3 is 0 Å². The van der Waals surface area contributed by atoms with E-state index in [1.165, 1.54) is 0 Å². The molecule has 2 aromatic heterocycles. The van der Waals surface area contributed by atoms with Crippen LogP contribution in [0.25, 0.3) is 5.82 Å². The van der Waals surface area contributed by atoms with Crippen LogP contribution in [0, 0.1) is 6.92 Å². The Bertz CT molecular complexity index is 666. The van der Waals surface area contributed by atoms with E-state index >= 15 is 0 Å². The topological polar surface area (TPSA) is 54.3 Å². The molecular weight excluding hydrogens is 278 g/mol. The zero-order valence-corrected chi connectivity index (χ0v) is 13.2. The van der Waals surface area contributed by atoms with Crippen molar-refractivity contribution in [2.75, 3.05) is 26.7 Å². The minimum atomic E-state index is 0.0558. The summed E-state index contributed by atoms with van der Waals surface area (Å²) in [5, 5.41) is 4.34. The Hall–Kier alpha value is -2.21. The molecule has 1 aliphatic rings. The minimum Gasteiger partial charge on any atom is -0.333 e. The van der Waals surface area contributed by atoms with Gasteiger partial charge in [0, 0.05) is 31.9 Å². The minimum absolute atomic E-state index is 0.0558. The number of likely N-dealkylation sites (N-methyl/N-ethyl adjacent to an activating group) is 1. The van der Waals surface area contributed by atoms with Gasteiger partial charge in [-0.15, -0.1) is 0 Å². The monoisotopic (exact) mass is 299 g/mol. The van der Waals surface area contributed by atoms with Gasteiger partial charge in [0.2, 0.25) is 0 Å². The number of pyridine rings is 1. The Morgan fingerprint density at radius 1 is 1.32 bits per heavy atom. The van der Waals surface area contributed by atoms with Gasteiger partial charge in [0.15, 0.2) is 5.82 Å². The number of nitrogens with zero attached hydrogens (tertiary/aromatic N) is 5. The number of hydrogen-bond donors (Lipinski definition) is 0. The van der Waals surface area contributed by atoms with E-state index in [9.17, 15) is 4.79 Å². The van der Waals surface area contributed by atoms with Crippen LogP contribution in [-0.4, -0.2) is 63.2 Å². The summed E-state index contributed by atoms with van der Waals surface area (Å²) in [7, 11) is 2.09. The molecule has 1 aliphatic heterocycles. The molecule has 0 bridgehead atoms. The van der Waals surface area contributed by atoms with Gasteiger partial charge in [-0.25, -0.2) is 9.67 Å². The molecule has 0 spiro atoms. The van der Waals surface area contributed by atoms with Crippen molar-refractivity contribution >= 4 is 5.91 Å². The first-order valence-electron chi connectivity index (χ1n) is 7.53. The SMILES string of the molecule is Cc1c(C(=O)N2CCN(C)CC2C)cnn1-c1ccccn1. The molecule has 3 rings (SSSR count). The van der Waals surface area contributed by atoms with E-state index in [1.54, 1.807) is 17.1 Å². The largest absolute Gasteiger partial charge is 0.333 e. The third-order valence-corrected chi connectivity index (χ3v) is 4.20. The summed E-state index contributed by atoms with van der Waals surface area (Å²) < 4.78 is 1.72. The summed E-state index contributed by atoms with van der Waals surface area (Å²) in [5.41, 5.74) is 1.48. The lowest BCUT2D eigenvalue weighted by Crippen LogP contribution is -2.52. The maximum Gasteiger partial charge on any atom is 0.257 e. The summed E-state index contributed by atoms with van der Waals surface area (Å²) in [6.07, 6.45) is 3.37. The van der Waals surface area contributed by atoms with Crippen LogP contribution in [-0.2, 0) is 0 Å². The van der Waals surface area contributed by atoms with Gasteiger partial charge in [0.25, 0.3) is 5.91 Å². The van der Waals surface area contributed by atoms with Crippen molar-refractivity contribution in [2.45, 2.75) is 19.9 Å². The van der Waals surface area contributed by atoms with Gasteiger partial charge in [0.1, 0.15) is 0 Å². The molecule has 6 heteroatoms. The number of piperazine rings is 1. The van der Waals surface area contributed by atoms with Crippen molar-refractivity contribution < 1.29 is 4.79 Å². The Morgan fingerprint density at radius 3 is 2.82 bits per heavy atom. The standard InChI is InChI=1S/C16H21N5O/c1-12-11-19(3)8-9-20(12)16(22)14-10-18-21(13(14)2)15-6-4-5-7-17-15/h4-7,10,12H,8-9,11H2,1-3H3. The van der Waals surface area contributed by atoms with Crippen LogP contribution in [0.5, 0.6) is 0 Å². The fourth-order valence-corrected chi connectivity index (χ4v) is 2.93. The van der Waals surface area contributed by atoms with E-state index in [2.05, 4.69) is 29.0 Å². The molecular formula is C16H21N5O. The number of hydrogen-bond acceptors (Lipinski definition) is 4. The molecule has 0 saturated carbocycles. The van der Waals surface area contributed by atoms with Crippen molar-refractivity contribution in [3.63, 3.8) is 0 Å². The second-order valence-corrected chi connectivity index (χ2v) is 5.85. The van der Waals surface area contributed by atoms with Crippen LogP contribution in [0.3, 0.4) is 0 Å². The van der Waals surface area contributed by atoms with E-state index < -0.39 is 0 Å². The summed E-state index contributed by atoms with van der Waals surface area (Å²) in [6.45, 7) is 6.56. The molecule has 22 heavy (non-hydrogen) atoms. The quantitative estimate of drug-likeness (QED) is 0.840.